The molecular weight excluding hydrogens is 808 g/mol. The summed E-state index contributed by atoms with van der Waals surface area (Å²) in [6.45, 7) is 0.168. The lowest BCUT2D eigenvalue weighted by atomic mass is 9.33. The first-order chi connectivity index (χ1) is 33.2. The minimum Gasteiger partial charge on any atom is -0.312 e. The van der Waals surface area contributed by atoms with E-state index in [1.807, 2.05) is 0 Å². The number of anilines is 5. The summed E-state index contributed by atoms with van der Waals surface area (Å²) in [7, 11) is 0. The fourth-order valence-corrected chi connectivity index (χ4v) is 14.1. The van der Waals surface area contributed by atoms with Crippen molar-refractivity contribution >= 4 is 51.5 Å². The zero-order valence-corrected chi connectivity index (χ0v) is 40.7. The van der Waals surface area contributed by atoms with Gasteiger partial charge in [-0.1, -0.05) is 151 Å². The van der Waals surface area contributed by atoms with Gasteiger partial charge in [0.2, 0.25) is 0 Å². The van der Waals surface area contributed by atoms with Gasteiger partial charge in [-0.3, -0.25) is 0 Å². The van der Waals surface area contributed by atoms with Crippen molar-refractivity contribution in [3.8, 4) is 11.1 Å². The average Bonchev–Trinajstić information content (AvgIpc) is 3.68. The molecule has 67 heavy (non-hydrogen) atoms. The molecule has 5 aromatic carbocycles. The molecule has 0 saturated heterocycles. The Kier molecular flexibility index (Phi) is 12.8. The van der Waals surface area contributed by atoms with Gasteiger partial charge in [-0.2, -0.15) is 0 Å². The van der Waals surface area contributed by atoms with Crippen molar-refractivity contribution in [1.29, 1.82) is 0 Å². The maximum absolute atomic E-state index is 2.81. The van der Waals surface area contributed by atoms with Gasteiger partial charge in [0.25, 0.3) is 6.71 Å². The molecule has 0 spiro atoms. The van der Waals surface area contributed by atoms with Crippen molar-refractivity contribution in [1.82, 2.24) is 0 Å². The topological polar surface area (TPSA) is 6.48 Å². The van der Waals surface area contributed by atoms with E-state index in [0.717, 1.165) is 0 Å². The third-order valence-electron chi connectivity index (χ3n) is 17.7. The molecular formula is C64H75BN2. The van der Waals surface area contributed by atoms with Crippen molar-refractivity contribution in [2.24, 2.45) is 11.8 Å². The summed E-state index contributed by atoms with van der Waals surface area (Å²) < 4.78 is 0. The molecule has 0 N–H and O–H groups in total. The Morgan fingerprint density at radius 2 is 0.851 bits per heavy atom. The summed E-state index contributed by atoms with van der Waals surface area (Å²) in [5.41, 5.74) is 25.3. The number of fused-ring (bicyclic) bond motifs is 8. The molecule has 5 aliphatic carbocycles. The Balaban J connectivity index is 1.14. The van der Waals surface area contributed by atoms with E-state index in [1.165, 1.54) is 236 Å². The first-order valence-electron chi connectivity index (χ1n) is 27.9. The number of hydrogen-bond acceptors (Lipinski definition) is 2. The van der Waals surface area contributed by atoms with Crippen LogP contribution in [-0.4, -0.2) is 6.71 Å². The predicted octanol–water partition coefficient (Wildman–Crippen LogP) is 15.7. The van der Waals surface area contributed by atoms with Gasteiger partial charge in [0.1, 0.15) is 0 Å². The highest BCUT2D eigenvalue weighted by Crippen LogP contribution is 2.48. The molecule has 7 aliphatic rings. The zero-order chi connectivity index (χ0) is 44.5. The first kappa shape index (κ1) is 43.5. The molecule has 0 amide bonds. The summed E-state index contributed by atoms with van der Waals surface area (Å²) in [5.74, 6) is 1.24. The molecule has 0 aromatic heterocycles. The van der Waals surface area contributed by atoms with E-state index in [2.05, 4.69) is 113 Å². The van der Waals surface area contributed by atoms with E-state index in [-0.39, 0.29) is 6.71 Å². The Bertz CT molecular complexity index is 2650. The first-order valence-corrected chi connectivity index (χ1v) is 27.9. The van der Waals surface area contributed by atoms with Gasteiger partial charge in [0.05, 0.1) is 0 Å². The molecule has 2 nitrogen and oxygen atoms in total. The normalized spacial score (nSPS) is 22.1. The molecule has 2 atom stereocenters. The number of benzene rings is 5. The van der Waals surface area contributed by atoms with Gasteiger partial charge in [0.15, 0.2) is 0 Å². The lowest BCUT2D eigenvalue weighted by Gasteiger charge is -2.46. The van der Waals surface area contributed by atoms with Crippen LogP contribution in [0.4, 0.5) is 28.4 Å². The number of rotatable bonds is 3. The molecule has 2 unspecified atom stereocenters. The fraction of sp³-hybridized carbons (Fsp3) is 0.469. The molecule has 2 aliphatic heterocycles. The molecule has 5 aromatic rings. The van der Waals surface area contributed by atoms with E-state index < -0.39 is 0 Å². The van der Waals surface area contributed by atoms with E-state index in [1.54, 1.807) is 38.8 Å². The van der Waals surface area contributed by atoms with Crippen molar-refractivity contribution < 1.29 is 0 Å². The smallest absolute Gasteiger partial charge is 0.252 e. The number of hydrogen-bond donors (Lipinski definition) is 0. The summed E-state index contributed by atoms with van der Waals surface area (Å²) in [6, 6.07) is 35.3. The minimum absolute atomic E-state index is 0.168. The van der Waals surface area contributed by atoms with E-state index in [0.29, 0.717) is 11.8 Å². The maximum atomic E-state index is 2.81. The monoisotopic (exact) mass is 883 g/mol. The lowest BCUT2D eigenvalue weighted by molar-refractivity contribution is 0.406. The highest BCUT2D eigenvalue weighted by molar-refractivity contribution is 7.00. The number of allylic oxidation sites excluding steroid dienone is 3. The average molecular weight is 883 g/mol. The molecule has 2 heterocycles. The SMILES string of the molecule is C1=CC2CCCCCCCC2C=C1N1c2cc3c(cc2B2c4cc5c(cc4N(c4ccc6c(c4)CCCCCCC6)c4cc(-c6ccccc6)cc1c42)CCCCCCC5)CCCCCCC3. The highest BCUT2D eigenvalue weighted by atomic mass is 15.2. The predicted molar refractivity (Wildman–Crippen MR) is 288 cm³/mol. The summed E-state index contributed by atoms with van der Waals surface area (Å²) in [6.07, 6.45) is 44.7. The van der Waals surface area contributed by atoms with Crippen molar-refractivity contribution in [2.45, 2.75) is 180 Å². The molecule has 0 bridgehead atoms. The van der Waals surface area contributed by atoms with Gasteiger partial charge < -0.3 is 9.80 Å². The third kappa shape index (κ3) is 8.69. The zero-order valence-electron chi connectivity index (χ0n) is 40.7. The van der Waals surface area contributed by atoms with Crippen LogP contribution in [0, 0.1) is 11.8 Å². The molecule has 3 heteroatoms. The number of nitrogens with zero attached hydrogens (tertiary/aromatic N) is 2. The van der Waals surface area contributed by atoms with Crippen molar-refractivity contribution in [3.05, 3.63) is 142 Å². The van der Waals surface area contributed by atoms with Crippen LogP contribution in [0.3, 0.4) is 0 Å². The molecule has 344 valence electrons. The maximum Gasteiger partial charge on any atom is 0.252 e. The van der Waals surface area contributed by atoms with Gasteiger partial charge in [-0.25, -0.2) is 0 Å². The van der Waals surface area contributed by atoms with Crippen molar-refractivity contribution in [3.63, 3.8) is 0 Å². The second-order valence-electron chi connectivity index (χ2n) is 22.1. The van der Waals surface area contributed by atoms with E-state index in [4.69, 9.17) is 0 Å². The van der Waals surface area contributed by atoms with Crippen LogP contribution in [0.2, 0.25) is 0 Å². The van der Waals surface area contributed by atoms with Crippen LogP contribution in [0.25, 0.3) is 11.1 Å². The van der Waals surface area contributed by atoms with Crippen molar-refractivity contribution in [2.75, 3.05) is 9.80 Å². The van der Waals surface area contributed by atoms with Crippen LogP contribution >= 0.6 is 0 Å². The molecule has 12 rings (SSSR count). The number of aryl methyl sites for hydroxylation is 6. The Morgan fingerprint density at radius 1 is 0.373 bits per heavy atom. The minimum atomic E-state index is 0.168. The Hall–Kier alpha value is -4.76. The van der Waals surface area contributed by atoms with Gasteiger partial charge in [0, 0.05) is 34.1 Å². The summed E-state index contributed by atoms with van der Waals surface area (Å²) in [5, 5.41) is 0. The Labute approximate surface area is 404 Å². The van der Waals surface area contributed by atoms with Crippen LogP contribution in [0.1, 0.15) is 175 Å². The standard InChI is InChI=1S/C64H75BN2/c1-5-14-26-47-34-36-56(38-49(47)28-16-7-1)66-60-42-53-32-20-11-3-9-18-30-51(53)40-58(60)65-59-41-52-31-19-10-4-12-21-33-54(52)43-61(59)67(57-37-35-48-27-15-6-2-8-17-29-50(48)39-57)63-45-55(44-62(66)64(63)65)46-24-22-13-23-25-46/h13,22-25,34-45,47,49H,1-12,14-21,26-33H2. The van der Waals surface area contributed by atoms with Crippen LogP contribution < -0.4 is 26.2 Å². The fourth-order valence-electron chi connectivity index (χ4n) is 14.1. The largest absolute Gasteiger partial charge is 0.312 e. The van der Waals surface area contributed by atoms with Crippen LogP contribution in [0.15, 0.2) is 109 Å². The van der Waals surface area contributed by atoms with E-state index in [9.17, 15) is 0 Å². The summed E-state index contributed by atoms with van der Waals surface area (Å²) in [4.78, 5) is 5.60. The molecule has 1 fully saturated rings. The second kappa shape index (κ2) is 19.7. The van der Waals surface area contributed by atoms with Crippen LogP contribution in [0.5, 0.6) is 0 Å². The Morgan fingerprint density at radius 3 is 1.45 bits per heavy atom. The highest BCUT2D eigenvalue weighted by Gasteiger charge is 2.45. The quantitative estimate of drug-likeness (QED) is 0.163. The van der Waals surface area contributed by atoms with Gasteiger partial charge in [-0.15, -0.1) is 0 Å². The summed E-state index contributed by atoms with van der Waals surface area (Å²) >= 11 is 0. The van der Waals surface area contributed by atoms with Gasteiger partial charge >= 0.3 is 0 Å². The third-order valence-corrected chi connectivity index (χ3v) is 17.7. The molecule has 0 radical (unpaired) electrons. The van der Waals surface area contributed by atoms with Gasteiger partial charge in [-0.05, 0) is 205 Å². The lowest BCUT2D eigenvalue weighted by Crippen LogP contribution is -2.62. The second-order valence-corrected chi connectivity index (χ2v) is 22.1. The van der Waals surface area contributed by atoms with Crippen LogP contribution in [-0.2, 0) is 38.5 Å². The molecule has 1 saturated carbocycles. The van der Waals surface area contributed by atoms with E-state index >= 15 is 0 Å².